The Hall–Kier alpha value is -2.25. The average Bonchev–Trinajstić information content (AvgIpc) is 3.32. The number of rotatable bonds is 5. The maximum atomic E-state index is 13.3. The second-order valence-electron chi connectivity index (χ2n) is 7.04. The summed E-state index contributed by atoms with van der Waals surface area (Å²) >= 11 is 1.44. The first-order valence-electron chi connectivity index (χ1n) is 9.24. The highest BCUT2D eigenvalue weighted by Gasteiger charge is 2.34. The van der Waals surface area contributed by atoms with E-state index in [4.69, 9.17) is 0 Å². The van der Waals surface area contributed by atoms with Gasteiger partial charge in [0.25, 0.3) is 5.91 Å². The van der Waals surface area contributed by atoms with Crippen LogP contribution in [0.2, 0.25) is 0 Å². The minimum atomic E-state index is -0.454. The van der Waals surface area contributed by atoms with Crippen molar-refractivity contribution in [2.24, 2.45) is 0 Å². The van der Waals surface area contributed by atoms with Gasteiger partial charge in [-0.05, 0) is 42.0 Å². The Labute approximate surface area is 161 Å². The minimum Gasteiger partial charge on any atom is -0.352 e. The van der Waals surface area contributed by atoms with Gasteiger partial charge in [0.2, 0.25) is 5.91 Å². The number of hydrogen-bond donors (Lipinski definition) is 1. The van der Waals surface area contributed by atoms with E-state index in [1.165, 1.54) is 23.5 Å². The number of thiophene rings is 1. The van der Waals surface area contributed by atoms with Crippen molar-refractivity contribution >= 4 is 23.2 Å². The highest BCUT2D eigenvalue weighted by atomic mass is 32.1. The third-order valence-electron chi connectivity index (χ3n) is 5.06. The van der Waals surface area contributed by atoms with Crippen molar-refractivity contribution in [3.05, 3.63) is 58.0 Å². The fourth-order valence-electron chi connectivity index (χ4n) is 3.42. The maximum Gasteiger partial charge on any atom is 0.264 e. The van der Waals surface area contributed by atoms with Crippen molar-refractivity contribution in [2.75, 3.05) is 26.2 Å². The van der Waals surface area contributed by atoms with E-state index in [1.54, 1.807) is 12.1 Å². The van der Waals surface area contributed by atoms with Crippen molar-refractivity contribution < 1.29 is 14.0 Å². The molecule has 0 radical (unpaired) electrons. The summed E-state index contributed by atoms with van der Waals surface area (Å²) < 4.78 is 13.3. The van der Waals surface area contributed by atoms with Gasteiger partial charge in [0.15, 0.2) is 0 Å². The molecule has 2 aliphatic rings. The summed E-state index contributed by atoms with van der Waals surface area (Å²) in [6.45, 7) is 2.37. The van der Waals surface area contributed by atoms with Crippen molar-refractivity contribution in [3.63, 3.8) is 0 Å². The summed E-state index contributed by atoms with van der Waals surface area (Å²) in [5.74, 6) is -0.306. The lowest BCUT2D eigenvalue weighted by Gasteiger charge is -2.38. The summed E-state index contributed by atoms with van der Waals surface area (Å²) in [4.78, 5) is 30.0. The van der Waals surface area contributed by atoms with Crippen molar-refractivity contribution in [1.29, 1.82) is 0 Å². The smallest absolute Gasteiger partial charge is 0.264 e. The monoisotopic (exact) mass is 387 g/mol. The molecule has 142 valence electrons. The number of halogens is 1. The molecule has 1 unspecified atom stereocenters. The molecule has 4 rings (SSSR count). The number of nitrogens with one attached hydrogen (secondary N) is 1. The molecule has 1 atom stereocenters. The molecule has 0 spiro atoms. The minimum absolute atomic E-state index is 0.0397. The van der Waals surface area contributed by atoms with Gasteiger partial charge in [-0.15, -0.1) is 11.3 Å². The van der Waals surface area contributed by atoms with Crippen LogP contribution in [0, 0.1) is 5.82 Å². The van der Waals surface area contributed by atoms with Gasteiger partial charge in [-0.1, -0.05) is 18.2 Å². The molecule has 1 aliphatic carbocycles. The fourth-order valence-corrected chi connectivity index (χ4v) is 4.11. The molecule has 1 saturated carbocycles. The first-order valence-corrected chi connectivity index (χ1v) is 10.1. The first-order chi connectivity index (χ1) is 13.1. The summed E-state index contributed by atoms with van der Waals surface area (Å²) in [6.07, 6.45) is 2.04. The summed E-state index contributed by atoms with van der Waals surface area (Å²) in [5.41, 5.74) is 0.785. The van der Waals surface area contributed by atoms with Crippen LogP contribution in [0.25, 0.3) is 0 Å². The van der Waals surface area contributed by atoms with Crippen LogP contribution in [0.3, 0.4) is 0 Å². The van der Waals surface area contributed by atoms with E-state index >= 15 is 0 Å². The number of nitrogens with zero attached hydrogens (tertiary/aromatic N) is 2. The number of carbonyl (C=O) groups excluding carboxylic acids is 2. The van der Waals surface area contributed by atoms with Crippen LogP contribution in [0.4, 0.5) is 4.39 Å². The largest absolute Gasteiger partial charge is 0.352 e. The quantitative estimate of drug-likeness (QED) is 0.858. The van der Waals surface area contributed by atoms with Crippen LogP contribution in [-0.4, -0.2) is 53.8 Å². The third-order valence-corrected chi connectivity index (χ3v) is 5.91. The molecule has 1 aromatic heterocycles. The number of piperazine rings is 1. The fraction of sp³-hybridized carbons (Fsp3) is 0.400. The molecule has 7 heteroatoms. The summed E-state index contributed by atoms with van der Waals surface area (Å²) in [6, 6.07) is 9.66. The SMILES string of the molecule is O=C(NC1CC1)C(c1ccc(F)cc1)N1CCN(C(=O)c2cccs2)CC1. The van der Waals surface area contributed by atoms with Gasteiger partial charge in [-0.3, -0.25) is 14.5 Å². The van der Waals surface area contributed by atoms with Crippen LogP contribution >= 0.6 is 11.3 Å². The molecule has 1 aromatic carbocycles. The second kappa shape index (κ2) is 7.78. The first kappa shape index (κ1) is 18.1. The molecule has 2 heterocycles. The molecule has 1 N–H and O–H groups in total. The Morgan fingerprint density at radius 3 is 2.37 bits per heavy atom. The third kappa shape index (κ3) is 4.20. The molecule has 1 aliphatic heterocycles. The number of carbonyl (C=O) groups is 2. The standard InChI is InChI=1S/C20H22FN3O2S/c21-15-5-3-14(4-6-15)18(19(25)22-16-7-8-16)23-9-11-24(12-10-23)20(26)17-2-1-13-27-17/h1-6,13,16,18H,7-12H2,(H,22,25). The van der Waals surface area contributed by atoms with Gasteiger partial charge in [-0.25, -0.2) is 4.39 Å². The van der Waals surface area contributed by atoms with E-state index in [1.807, 2.05) is 22.4 Å². The molecule has 2 aromatic rings. The predicted molar refractivity (Wildman–Crippen MR) is 102 cm³/mol. The van der Waals surface area contributed by atoms with E-state index < -0.39 is 6.04 Å². The Morgan fingerprint density at radius 2 is 1.78 bits per heavy atom. The Morgan fingerprint density at radius 1 is 1.07 bits per heavy atom. The molecular weight excluding hydrogens is 365 g/mol. The van der Waals surface area contributed by atoms with E-state index in [9.17, 15) is 14.0 Å². The number of hydrogen-bond acceptors (Lipinski definition) is 4. The number of amides is 2. The average molecular weight is 387 g/mol. The van der Waals surface area contributed by atoms with E-state index in [0.717, 1.165) is 23.3 Å². The van der Waals surface area contributed by atoms with Gasteiger partial charge in [0.1, 0.15) is 11.9 Å². The van der Waals surface area contributed by atoms with Crippen molar-refractivity contribution in [3.8, 4) is 0 Å². The van der Waals surface area contributed by atoms with Gasteiger partial charge in [0, 0.05) is 32.2 Å². The van der Waals surface area contributed by atoms with Gasteiger partial charge < -0.3 is 10.2 Å². The van der Waals surface area contributed by atoms with Crippen LogP contribution in [-0.2, 0) is 4.79 Å². The van der Waals surface area contributed by atoms with Crippen molar-refractivity contribution in [2.45, 2.75) is 24.9 Å². The predicted octanol–water partition coefficient (Wildman–Crippen LogP) is 2.66. The molecule has 27 heavy (non-hydrogen) atoms. The summed E-state index contributed by atoms with van der Waals surface area (Å²) in [7, 11) is 0. The van der Waals surface area contributed by atoms with Gasteiger partial charge in [0.05, 0.1) is 4.88 Å². The zero-order valence-electron chi connectivity index (χ0n) is 14.9. The molecule has 2 amide bonds. The Bertz CT molecular complexity index is 797. The normalized spacial score (nSPS) is 18.9. The lowest BCUT2D eigenvalue weighted by Crippen LogP contribution is -2.52. The maximum absolute atomic E-state index is 13.3. The number of benzene rings is 1. The Kier molecular flexibility index (Phi) is 5.22. The van der Waals surface area contributed by atoms with E-state index in [2.05, 4.69) is 10.2 Å². The van der Waals surface area contributed by atoms with E-state index in [0.29, 0.717) is 26.2 Å². The van der Waals surface area contributed by atoms with Crippen LogP contribution in [0.1, 0.15) is 34.1 Å². The lowest BCUT2D eigenvalue weighted by molar-refractivity contribution is -0.127. The second-order valence-corrected chi connectivity index (χ2v) is 7.99. The molecular formula is C20H22FN3O2S. The molecule has 2 fully saturated rings. The summed E-state index contributed by atoms with van der Waals surface area (Å²) in [5, 5.41) is 4.97. The topological polar surface area (TPSA) is 52.7 Å². The van der Waals surface area contributed by atoms with Gasteiger partial charge >= 0.3 is 0 Å². The van der Waals surface area contributed by atoms with E-state index in [-0.39, 0.29) is 23.7 Å². The highest BCUT2D eigenvalue weighted by molar-refractivity contribution is 7.12. The Balaban J connectivity index is 1.46. The van der Waals surface area contributed by atoms with Crippen LogP contribution < -0.4 is 5.32 Å². The zero-order chi connectivity index (χ0) is 18.8. The van der Waals surface area contributed by atoms with Crippen LogP contribution in [0.5, 0.6) is 0 Å². The molecule has 0 bridgehead atoms. The lowest BCUT2D eigenvalue weighted by atomic mass is 10.0. The molecule has 5 nitrogen and oxygen atoms in total. The van der Waals surface area contributed by atoms with Crippen LogP contribution in [0.15, 0.2) is 41.8 Å². The van der Waals surface area contributed by atoms with Gasteiger partial charge in [-0.2, -0.15) is 0 Å². The molecule has 1 saturated heterocycles. The zero-order valence-corrected chi connectivity index (χ0v) is 15.8. The highest BCUT2D eigenvalue weighted by Crippen LogP contribution is 2.26. The van der Waals surface area contributed by atoms with Crippen molar-refractivity contribution in [1.82, 2.24) is 15.1 Å².